The molecule has 0 bridgehead atoms. The SMILES string of the molecule is CC1CCN=C1CC(C)(C)C. The topological polar surface area (TPSA) is 12.4 Å². The molecule has 1 nitrogen and oxygen atoms in total. The Kier molecular flexibility index (Phi) is 2.36. The van der Waals surface area contributed by atoms with Crippen molar-refractivity contribution in [3.63, 3.8) is 0 Å². The van der Waals surface area contributed by atoms with Crippen molar-refractivity contribution in [2.45, 2.75) is 40.5 Å². The van der Waals surface area contributed by atoms with E-state index in [0.29, 0.717) is 5.41 Å². The summed E-state index contributed by atoms with van der Waals surface area (Å²) < 4.78 is 0. The fourth-order valence-corrected chi connectivity index (χ4v) is 1.50. The molecule has 1 atom stereocenters. The summed E-state index contributed by atoms with van der Waals surface area (Å²) in [5.74, 6) is 0.745. The van der Waals surface area contributed by atoms with E-state index in [1.807, 2.05) is 0 Å². The summed E-state index contributed by atoms with van der Waals surface area (Å²) >= 11 is 0. The Morgan fingerprint density at radius 2 is 2.09 bits per heavy atom. The molecule has 0 spiro atoms. The van der Waals surface area contributed by atoms with Crippen molar-refractivity contribution in [1.82, 2.24) is 0 Å². The molecule has 0 aliphatic carbocycles. The number of hydrogen-bond acceptors (Lipinski definition) is 1. The third-order valence-electron chi connectivity index (χ3n) is 2.16. The van der Waals surface area contributed by atoms with Gasteiger partial charge in [0.2, 0.25) is 0 Å². The second-order valence-corrected chi connectivity index (χ2v) is 4.80. The molecule has 1 aliphatic heterocycles. The minimum absolute atomic E-state index is 0.414. The normalized spacial score (nSPS) is 25.5. The zero-order valence-electron chi connectivity index (χ0n) is 8.15. The predicted octanol–water partition coefficient (Wildman–Crippen LogP) is 2.90. The van der Waals surface area contributed by atoms with E-state index in [-0.39, 0.29) is 0 Å². The predicted molar refractivity (Wildman–Crippen MR) is 50.2 cm³/mol. The molecule has 0 fully saturated rings. The van der Waals surface area contributed by atoms with Crippen LogP contribution in [0.3, 0.4) is 0 Å². The smallest absolute Gasteiger partial charge is 0.0394 e. The van der Waals surface area contributed by atoms with Gasteiger partial charge in [-0.2, -0.15) is 0 Å². The lowest BCUT2D eigenvalue weighted by Gasteiger charge is -2.19. The molecule has 0 saturated carbocycles. The summed E-state index contributed by atoms with van der Waals surface area (Å²) in [6.45, 7) is 10.2. The van der Waals surface area contributed by atoms with Crippen LogP contribution in [0.4, 0.5) is 0 Å². The zero-order valence-corrected chi connectivity index (χ0v) is 8.15. The van der Waals surface area contributed by atoms with Crippen molar-refractivity contribution >= 4 is 5.71 Å². The average molecular weight is 153 g/mol. The van der Waals surface area contributed by atoms with Gasteiger partial charge in [0.15, 0.2) is 0 Å². The molecule has 0 aromatic heterocycles. The van der Waals surface area contributed by atoms with Gasteiger partial charge in [0.25, 0.3) is 0 Å². The third kappa shape index (κ3) is 2.64. The van der Waals surface area contributed by atoms with Crippen LogP contribution in [-0.4, -0.2) is 12.3 Å². The van der Waals surface area contributed by atoms with Gasteiger partial charge < -0.3 is 0 Å². The van der Waals surface area contributed by atoms with Crippen LogP contribution in [0.15, 0.2) is 4.99 Å². The van der Waals surface area contributed by atoms with E-state index in [4.69, 9.17) is 0 Å². The minimum atomic E-state index is 0.414. The monoisotopic (exact) mass is 153 g/mol. The van der Waals surface area contributed by atoms with E-state index in [2.05, 4.69) is 32.7 Å². The average Bonchev–Trinajstić information content (AvgIpc) is 2.12. The summed E-state index contributed by atoms with van der Waals surface area (Å²) in [5.41, 5.74) is 1.86. The second-order valence-electron chi connectivity index (χ2n) is 4.80. The van der Waals surface area contributed by atoms with Gasteiger partial charge >= 0.3 is 0 Å². The number of aliphatic imine (C=N–C) groups is 1. The first-order valence-electron chi connectivity index (χ1n) is 4.52. The number of nitrogens with zero attached hydrogens (tertiary/aromatic N) is 1. The third-order valence-corrected chi connectivity index (χ3v) is 2.16. The van der Waals surface area contributed by atoms with Crippen molar-refractivity contribution in [2.75, 3.05) is 6.54 Å². The molecule has 0 radical (unpaired) electrons. The van der Waals surface area contributed by atoms with Crippen molar-refractivity contribution in [3.8, 4) is 0 Å². The van der Waals surface area contributed by atoms with Crippen molar-refractivity contribution in [2.24, 2.45) is 16.3 Å². The molecule has 0 aromatic rings. The fraction of sp³-hybridized carbons (Fsp3) is 0.900. The maximum absolute atomic E-state index is 4.52. The van der Waals surface area contributed by atoms with Gasteiger partial charge in [-0.3, -0.25) is 4.99 Å². The Morgan fingerprint density at radius 3 is 2.45 bits per heavy atom. The lowest BCUT2D eigenvalue weighted by Crippen LogP contribution is -2.16. The van der Waals surface area contributed by atoms with E-state index in [1.165, 1.54) is 18.6 Å². The highest BCUT2D eigenvalue weighted by Gasteiger charge is 2.21. The van der Waals surface area contributed by atoms with Crippen LogP contribution >= 0.6 is 0 Å². The van der Waals surface area contributed by atoms with E-state index in [9.17, 15) is 0 Å². The molecule has 1 aliphatic rings. The first-order valence-corrected chi connectivity index (χ1v) is 4.52. The van der Waals surface area contributed by atoms with Gasteiger partial charge in [-0.1, -0.05) is 27.7 Å². The molecular weight excluding hydrogens is 134 g/mol. The number of hydrogen-bond donors (Lipinski definition) is 0. The Balaban J connectivity index is 2.49. The molecule has 0 saturated heterocycles. The molecule has 11 heavy (non-hydrogen) atoms. The molecule has 0 amide bonds. The molecule has 1 rings (SSSR count). The maximum Gasteiger partial charge on any atom is 0.0394 e. The Hall–Kier alpha value is -0.330. The van der Waals surface area contributed by atoms with Gasteiger partial charge in [-0.25, -0.2) is 0 Å². The van der Waals surface area contributed by atoms with E-state index in [0.717, 1.165) is 12.5 Å². The van der Waals surface area contributed by atoms with Crippen LogP contribution in [0.2, 0.25) is 0 Å². The van der Waals surface area contributed by atoms with E-state index in [1.54, 1.807) is 0 Å². The lowest BCUT2D eigenvalue weighted by molar-refractivity contribution is 0.428. The van der Waals surface area contributed by atoms with Crippen molar-refractivity contribution in [1.29, 1.82) is 0 Å². The highest BCUT2D eigenvalue weighted by Crippen LogP contribution is 2.25. The van der Waals surface area contributed by atoms with Crippen LogP contribution in [0, 0.1) is 11.3 Å². The van der Waals surface area contributed by atoms with Crippen LogP contribution in [0.1, 0.15) is 40.5 Å². The van der Waals surface area contributed by atoms with Gasteiger partial charge in [0.05, 0.1) is 0 Å². The van der Waals surface area contributed by atoms with Crippen LogP contribution in [0.25, 0.3) is 0 Å². The van der Waals surface area contributed by atoms with E-state index >= 15 is 0 Å². The van der Waals surface area contributed by atoms with Gasteiger partial charge in [0, 0.05) is 12.3 Å². The largest absolute Gasteiger partial charge is 0.294 e. The standard InChI is InChI=1S/C10H19N/c1-8-5-6-11-9(8)7-10(2,3)4/h8H,5-7H2,1-4H3. The molecule has 1 unspecified atom stereocenters. The Morgan fingerprint density at radius 1 is 1.45 bits per heavy atom. The number of rotatable bonds is 1. The zero-order chi connectivity index (χ0) is 8.48. The summed E-state index contributed by atoms with van der Waals surface area (Å²) in [6, 6.07) is 0. The van der Waals surface area contributed by atoms with Crippen LogP contribution in [0.5, 0.6) is 0 Å². The molecule has 0 N–H and O–H groups in total. The minimum Gasteiger partial charge on any atom is -0.294 e. The molecular formula is C10H19N. The Labute approximate surface area is 69.9 Å². The first-order chi connectivity index (χ1) is 4.99. The van der Waals surface area contributed by atoms with Gasteiger partial charge in [-0.15, -0.1) is 0 Å². The fourth-order valence-electron chi connectivity index (χ4n) is 1.50. The highest BCUT2D eigenvalue weighted by atomic mass is 14.8. The van der Waals surface area contributed by atoms with Crippen molar-refractivity contribution in [3.05, 3.63) is 0 Å². The molecule has 1 heteroatoms. The first kappa shape index (κ1) is 8.76. The van der Waals surface area contributed by atoms with Crippen LogP contribution in [-0.2, 0) is 0 Å². The summed E-state index contributed by atoms with van der Waals surface area (Å²) in [7, 11) is 0. The summed E-state index contributed by atoms with van der Waals surface area (Å²) in [4.78, 5) is 4.52. The van der Waals surface area contributed by atoms with Crippen LogP contribution < -0.4 is 0 Å². The summed E-state index contributed by atoms with van der Waals surface area (Å²) in [6.07, 6.45) is 2.44. The Bertz CT molecular complexity index is 162. The van der Waals surface area contributed by atoms with Gasteiger partial charge in [0.1, 0.15) is 0 Å². The lowest BCUT2D eigenvalue weighted by atomic mass is 9.86. The quantitative estimate of drug-likeness (QED) is 0.549. The highest BCUT2D eigenvalue weighted by molar-refractivity contribution is 5.88. The molecule has 64 valence electrons. The van der Waals surface area contributed by atoms with E-state index < -0.39 is 0 Å². The second kappa shape index (κ2) is 2.96. The van der Waals surface area contributed by atoms with Gasteiger partial charge in [-0.05, 0) is 24.2 Å². The molecule has 1 heterocycles. The summed E-state index contributed by atoms with van der Waals surface area (Å²) in [5, 5.41) is 0. The maximum atomic E-state index is 4.52. The molecule has 0 aromatic carbocycles. The van der Waals surface area contributed by atoms with Crippen molar-refractivity contribution < 1.29 is 0 Å².